The second-order valence-corrected chi connectivity index (χ2v) is 5.61. The van der Waals surface area contributed by atoms with Crippen LogP contribution in [0.3, 0.4) is 0 Å². The van der Waals surface area contributed by atoms with Crippen LogP contribution >= 0.6 is 0 Å². The van der Waals surface area contributed by atoms with Gasteiger partial charge in [-0.2, -0.15) is 13.2 Å². The van der Waals surface area contributed by atoms with Gasteiger partial charge in [-0.1, -0.05) is 29.8 Å². The molecule has 0 aromatic heterocycles. The number of carbonyl (C=O) groups is 2. The maximum absolute atomic E-state index is 12.4. The van der Waals surface area contributed by atoms with Crippen LogP contribution in [0.4, 0.5) is 13.2 Å². The second kappa shape index (κ2) is 6.57. The lowest BCUT2D eigenvalue weighted by molar-refractivity contribution is -0.158. The first-order valence-electron chi connectivity index (χ1n) is 7.15. The van der Waals surface area contributed by atoms with Gasteiger partial charge in [0.25, 0.3) is 0 Å². The average Bonchev–Trinajstić information content (AvgIpc) is 2.78. The van der Waals surface area contributed by atoms with Crippen molar-refractivity contribution in [3.05, 3.63) is 35.4 Å². The first-order chi connectivity index (χ1) is 10.7. The minimum Gasteiger partial charge on any atom is -0.343 e. The standard InChI is InChI=1S/C15H18F3N3O2/c1-9-2-4-10(5-3-9)12(19)13(22)20-11-6-7-21(14(11)23)8-15(16,17)18/h2-5,11-12H,6-8,19H2,1H3,(H,20,22). The van der Waals surface area contributed by atoms with Crippen LogP contribution in [-0.2, 0) is 9.59 Å². The third-order valence-corrected chi connectivity index (χ3v) is 3.70. The molecule has 2 rings (SSSR count). The van der Waals surface area contributed by atoms with Gasteiger partial charge < -0.3 is 16.0 Å². The van der Waals surface area contributed by atoms with Gasteiger partial charge in [0.1, 0.15) is 18.6 Å². The third kappa shape index (κ3) is 4.44. The summed E-state index contributed by atoms with van der Waals surface area (Å²) in [6.07, 6.45) is -4.31. The molecule has 1 heterocycles. The Bertz CT molecular complexity index is 587. The molecular formula is C15H18F3N3O2. The zero-order valence-electron chi connectivity index (χ0n) is 12.6. The van der Waals surface area contributed by atoms with E-state index in [1.807, 2.05) is 6.92 Å². The molecule has 0 aliphatic carbocycles. The number of halogens is 3. The molecule has 2 amide bonds. The molecule has 1 fully saturated rings. The van der Waals surface area contributed by atoms with E-state index in [1.165, 1.54) is 0 Å². The highest BCUT2D eigenvalue weighted by Gasteiger charge is 2.40. The predicted octanol–water partition coefficient (Wildman–Crippen LogP) is 1.27. The van der Waals surface area contributed by atoms with Crippen molar-refractivity contribution in [1.29, 1.82) is 0 Å². The second-order valence-electron chi connectivity index (χ2n) is 5.61. The molecule has 126 valence electrons. The Morgan fingerprint density at radius 1 is 1.39 bits per heavy atom. The fraction of sp³-hybridized carbons (Fsp3) is 0.467. The van der Waals surface area contributed by atoms with Gasteiger partial charge in [-0.3, -0.25) is 9.59 Å². The van der Waals surface area contributed by atoms with E-state index in [2.05, 4.69) is 5.32 Å². The van der Waals surface area contributed by atoms with Crippen molar-refractivity contribution in [1.82, 2.24) is 10.2 Å². The number of benzene rings is 1. The molecule has 1 aromatic rings. The van der Waals surface area contributed by atoms with Crippen molar-refractivity contribution in [3.8, 4) is 0 Å². The minimum atomic E-state index is -4.45. The molecule has 1 aliphatic rings. The van der Waals surface area contributed by atoms with Crippen LogP contribution < -0.4 is 11.1 Å². The number of amides is 2. The molecule has 0 spiro atoms. The Morgan fingerprint density at radius 2 is 2.00 bits per heavy atom. The quantitative estimate of drug-likeness (QED) is 0.874. The van der Waals surface area contributed by atoms with Crippen molar-refractivity contribution in [3.63, 3.8) is 0 Å². The van der Waals surface area contributed by atoms with Crippen molar-refractivity contribution in [2.45, 2.75) is 31.6 Å². The van der Waals surface area contributed by atoms with E-state index in [4.69, 9.17) is 5.73 Å². The zero-order valence-corrected chi connectivity index (χ0v) is 12.6. The fourth-order valence-corrected chi connectivity index (χ4v) is 2.43. The van der Waals surface area contributed by atoms with Crippen LogP contribution in [-0.4, -0.2) is 42.0 Å². The van der Waals surface area contributed by atoms with Gasteiger partial charge in [0.2, 0.25) is 11.8 Å². The summed E-state index contributed by atoms with van der Waals surface area (Å²) in [7, 11) is 0. The molecule has 23 heavy (non-hydrogen) atoms. The number of hydrogen-bond acceptors (Lipinski definition) is 3. The lowest BCUT2D eigenvalue weighted by atomic mass is 10.0. The molecule has 0 saturated carbocycles. The van der Waals surface area contributed by atoms with Crippen molar-refractivity contribution >= 4 is 11.8 Å². The summed E-state index contributed by atoms with van der Waals surface area (Å²) in [5.41, 5.74) is 7.42. The Kier molecular flexibility index (Phi) is 4.93. The van der Waals surface area contributed by atoms with Crippen LogP contribution in [0.1, 0.15) is 23.6 Å². The van der Waals surface area contributed by atoms with Crippen LogP contribution in [0, 0.1) is 6.92 Å². The van der Waals surface area contributed by atoms with Gasteiger partial charge in [0, 0.05) is 6.54 Å². The van der Waals surface area contributed by atoms with E-state index in [9.17, 15) is 22.8 Å². The van der Waals surface area contributed by atoms with Gasteiger partial charge in [0.15, 0.2) is 0 Å². The summed E-state index contributed by atoms with van der Waals surface area (Å²) >= 11 is 0. The zero-order chi connectivity index (χ0) is 17.2. The van der Waals surface area contributed by atoms with Crippen molar-refractivity contribution in [2.24, 2.45) is 5.73 Å². The monoisotopic (exact) mass is 329 g/mol. The number of nitrogens with zero attached hydrogens (tertiary/aromatic N) is 1. The number of rotatable bonds is 4. The molecule has 1 aromatic carbocycles. The highest BCUT2D eigenvalue weighted by Crippen LogP contribution is 2.21. The topological polar surface area (TPSA) is 75.4 Å². The molecular weight excluding hydrogens is 311 g/mol. The smallest absolute Gasteiger partial charge is 0.343 e. The lowest BCUT2D eigenvalue weighted by Crippen LogP contribution is -2.46. The molecule has 8 heteroatoms. The van der Waals surface area contributed by atoms with Crippen LogP contribution in [0.25, 0.3) is 0 Å². The van der Waals surface area contributed by atoms with Gasteiger partial charge in [-0.25, -0.2) is 0 Å². The summed E-state index contributed by atoms with van der Waals surface area (Å²) in [5.74, 6) is -1.31. The molecule has 2 atom stereocenters. The van der Waals surface area contributed by atoms with Gasteiger partial charge >= 0.3 is 6.18 Å². The molecule has 3 N–H and O–H groups in total. The predicted molar refractivity (Wildman–Crippen MR) is 77.3 cm³/mol. The van der Waals surface area contributed by atoms with E-state index in [1.54, 1.807) is 24.3 Å². The normalized spacial score (nSPS) is 19.8. The molecule has 0 radical (unpaired) electrons. The van der Waals surface area contributed by atoms with Crippen LogP contribution in [0.5, 0.6) is 0 Å². The van der Waals surface area contributed by atoms with E-state index >= 15 is 0 Å². The highest BCUT2D eigenvalue weighted by atomic mass is 19.4. The number of hydrogen-bond donors (Lipinski definition) is 2. The minimum absolute atomic E-state index is 0.0386. The van der Waals surface area contributed by atoms with Gasteiger partial charge in [-0.05, 0) is 18.9 Å². The Labute approximate surface area is 131 Å². The first-order valence-corrected chi connectivity index (χ1v) is 7.15. The maximum Gasteiger partial charge on any atom is 0.406 e. The molecule has 1 aliphatic heterocycles. The van der Waals surface area contributed by atoms with Crippen molar-refractivity contribution in [2.75, 3.05) is 13.1 Å². The molecule has 1 saturated heterocycles. The van der Waals surface area contributed by atoms with Gasteiger partial charge in [0.05, 0.1) is 0 Å². The molecule has 0 bridgehead atoms. The molecule has 2 unspecified atom stereocenters. The summed E-state index contributed by atoms with van der Waals surface area (Å²) in [6.45, 7) is 0.549. The van der Waals surface area contributed by atoms with E-state index in [0.29, 0.717) is 10.5 Å². The van der Waals surface area contributed by atoms with E-state index in [-0.39, 0.29) is 13.0 Å². The number of alkyl halides is 3. The Morgan fingerprint density at radius 3 is 2.57 bits per heavy atom. The Hall–Kier alpha value is -2.09. The van der Waals surface area contributed by atoms with Crippen LogP contribution in [0.15, 0.2) is 24.3 Å². The summed E-state index contributed by atoms with van der Waals surface area (Å²) in [6, 6.07) is 5.07. The van der Waals surface area contributed by atoms with Crippen LogP contribution in [0.2, 0.25) is 0 Å². The fourth-order valence-electron chi connectivity index (χ4n) is 2.43. The SMILES string of the molecule is Cc1ccc(C(N)C(=O)NC2CCN(CC(F)(F)F)C2=O)cc1. The first kappa shape index (κ1) is 17.3. The van der Waals surface area contributed by atoms with Crippen molar-refractivity contribution < 1.29 is 22.8 Å². The summed E-state index contributed by atoms with van der Waals surface area (Å²) in [4.78, 5) is 24.7. The van der Waals surface area contributed by atoms with E-state index in [0.717, 1.165) is 5.56 Å². The third-order valence-electron chi connectivity index (χ3n) is 3.70. The maximum atomic E-state index is 12.4. The average molecular weight is 329 g/mol. The number of aryl methyl sites for hydroxylation is 1. The lowest BCUT2D eigenvalue weighted by Gasteiger charge is -2.19. The molecule has 5 nitrogen and oxygen atoms in total. The number of carbonyl (C=O) groups excluding carboxylic acids is 2. The van der Waals surface area contributed by atoms with E-state index < -0.39 is 36.6 Å². The number of nitrogens with one attached hydrogen (secondary N) is 1. The number of nitrogens with two attached hydrogens (primary N) is 1. The van der Waals surface area contributed by atoms with Gasteiger partial charge in [-0.15, -0.1) is 0 Å². The number of likely N-dealkylation sites (tertiary alicyclic amines) is 1. The summed E-state index contributed by atoms with van der Waals surface area (Å²) in [5, 5.41) is 2.43. The largest absolute Gasteiger partial charge is 0.406 e. The highest BCUT2D eigenvalue weighted by molar-refractivity contribution is 5.91. The Balaban J connectivity index is 1.95. The summed E-state index contributed by atoms with van der Waals surface area (Å²) < 4.78 is 37.1.